The highest BCUT2D eigenvalue weighted by Crippen LogP contribution is 2.35. The molecular formula is C11H18N2O4. The predicted octanol–water partition coefficient (Wildman–Crippen LogP) is -0.574. The molecule has 17 heavy (non-hydrogen) atoms. The van der Waals surface area contributed by atoms with Crippen molar-refractivity contribution >= 4 is 11.9 Å². The number of amides is 1. The van der Waals surface area contributed by atoms with Gasteiger partial charge in [0.2, 0.25) is 5.91 Å². The number of carboxylic acids is 1. The van der Waals surface area contributed by atoms with Crippen molar-refractivity contribution in [3.05, 3.63) is 0 Å². The monoisotopic (exact) mass is 242 g/mol. The van der Waals surface area contributed by atoms with Crippen molar-refractivity contribution in [2.75, 3.05) is 19.8 Å². The van der Waals surface area contributed by atoms with Gasteiger partial charge in [-0.3, -0.25) is 9.59 Å². The molecule has 1 aliphatic carbocycles. The second kappa shape index (κ2) is 4.27. The van der Waals surface area contributed by atoms with Crippen LogP contribution in [0, 0.1) is 5.92 Å². The zero-order valence-corrected chi connectivity index (χ0v) is 9.89. The molecule has 1 saturated carbocycles. The van der Waals surface area contributed by atoms with E-state index in [-0.39, 0.29) is 25.2 Å². The van der Waals surface area contributed by atoms with Gasteiger partial charge in [-0.25, -0.2) is 0 Å². The minimum Gasteiger partial charge on any atom is -0.481 e. The number of carbonyl (C=O) groups is 2. The highest BCUT2D eigenvalue weighted by atomic mass is 16.5. The number of aliphatic carboxylic acids is 1. The van der Waals surface area contributed by atoms with Crippen molar-refractivity contribution < 1.29 is 19.4 Å². The van der Waals surface area contributed by atoms with E-state index in [9.17, 15) is 9.59 Å². The Hall–Kier alpha value is -1.14. The van der Waals surface area contributed by atoms with Crippen LogP contribution < -0.4 is 5.73 Å². The molecule has 1 aliphatic heterocycles. The maximum Gasteiger partial charge on any atom is 0.311 e. The largest absolute Gasteiger partial charge is 0.481 e. The average Bonchev–Trinajstić information content (AvgIpc) is 2.86. The van der Waals surface area contributed by atoms with Crippen LogP contribution >= 0.6 is 0 Å². The normalized spacial score (nSPS) is 30.0. The molecular weight excluding hydrogens is 224 g/mol. The first-order valence-corrected chi connectivity index (χ1v) is 5.90. The van der Waals surface area contributed by atoms with Gasteiger partial charge in [-0.05, 0) is 19.8 Å². The molecule has 1 saturated heterocycles. The smallest absolute Gasteiger partial charge is 0.311 e. The molecule has 6 nitrogen and oxygen atoms in total. The van der Waals surface area contributed by atoms with E-state index in [1.165, 1.54) is 0 Å². The molecule has 0 aromatic heterocycles. The van der Waals surface area contributed by atoms with Crippen LogP contribution in [0.25, 0.3) is 0 Å². The van der Waals surface area contributed by atoms with Crippen molar-refractivity contribution in [2.45, 2.75) is 31.3 Å². The molecule has 0 aromatic carbocycles. The molecule has 2 rings (SSSR count). The fraction of sp³-hybridized carbons (Fsp3) is 0.818. The second-order valence-electron chi connectivity index (χ2n) is 4.80. The number of likely N-dealkylation sites (N-methyl/N-ethyl adjacent to an activating group) is 1. The molecule has 2 atom stereocenters. The quantitative estimate of drug-likeness (QED) is 0.688. The van der Waals surface area contributed by atoms with Gasteiger partial charge in [0.25, 0.3) is 0 Å². The summed E-state index contributed by atoms with van der Waals surface area (Å²) in [7, 11) is 0. The number of ether oxygens (including phenoxy) is 1. The second-order valence-corrected chi connectivity index (χ2v) is 4.80. The number of carboxylic acid groups (broad SMARTS) is 1. The molecule has 0 bridgehead atoms. The average molecular weight is 242 g/mol. The number of nitrogens with zero attached hydrogens (tertiary/aromatic N) is 1. The molecule has 1 amide bonds. The lowest BCUT2D eigenvalue weighted by Gasteiger charge is -2.31. The minimum atomic E-state index is -0.916. The number of nitrogens with two attached hydrogens (primary N) is 1. The Morgan fingerprint density at radius 3 is 2.59 bits per heavy atom. The van der Waals surface area contributed by atoms with Gasteiger partial charge in [0.05, 0.1) is 24.8 Å². The van der Waals surface area contributed by atoms with E-state index in [0.29, 0.717) is 19.4 Å². The Morgan fingerprint density at radius 2 is 2.12 bits per heavy atom. The summed E-state index contributed by atoms with van der Waals surface area (Å²) in [6.07, 6.45) is 1.38. The summed E-state index contributed by atoms with van der Waals surface area (Å²) < 4.78 is 5.18. The van der Waals surface area contributed by atoms with E-state index in [1.807, 2.05) is 6.92 Å². The van der Waals surface area contributed by atoms with Crippen molar-refractivity contribution in [1.82, 2.24) is 4.90 Å². The summed E-state index contributed by atoms with van der Waals surface area (Å²) in [6, 6.07) is -0.383. The third-order valence-corrected chi connectivity index (χ3v) is 3.58. The molecule has 3 N–H and O–H groups in total. The third-order valence-electron chi connectivity index (χ3n) is 3.58. The summed E-state index contributed by atoms with van der Waals surface area (Å²) in [5.41, 5.74) is 5.13. The van der Waals surface area contributed by atoms with Crippen molar-refractivity contribution in [3.8, 4) is 0 Å². The van der Waals surface area contributed by atoms with Crippen LogP contribution in [-0.2, 0) is 14.3 Å². The molecule has 0 radical (unpaired) electrons. The van der Waals surface area contributed by atoms with Crippen LogP contribution in [-0.4, -0.2) is 53.2 Å². The molecule has 2 fully saturated rings. The van der Waals surface area contributed by atoms with E-state index in [1.54, 1.807) is 4.90 Å². The SMILES string of the molecule is CCN(C(=O)C1(N)CC1)C1COCC1C(=O)O. The lowest BCUT2D eigenvalue weighted by molar-refractivity contribution is -0.145. The summed E-state index contributed by atoms with van der Waals surface area (Å²) in [4.78, 5) is 24.8. The topological polar surface area (TPSA) is 92.9 Å². The first-order valence-electron chi connectivity index (χ1n) is 5.90. The van der Waals surface area contributed by atoms with Gasteiger partial charge < -0.3 is 20.5 Å². The molecule has 2 aliphatic rings. The van der Waals surface area contributed by atoms with Gasteiger partial charge in [-0.1, -0.05) is 0 Å². The Morgan fingerprint density at radius 1 is 1.47 bits per heavy atom. The van der Waals surface area contributed by atoms with Gasteiger partial charge in [0, 0.05) is 6.54 Å². The standard InChI is InChI=1S/C11H18N2O4/c1-2-13(10(16)11(12)3-4-11)8-6-17-5-7(8)9(14)15/h7-8H,2-6,12H2,1H3,(H,14,15). The van der Waals surface area contributed by atoms with Crippen molar-refractivity contribution in [3.63, 3.8) is 0 Å². The van der Waals surface area contributed by atoms with Crippen molar-refractivity contribution in [1.29, 1.82) is 0 Å². The number of carbonyl (C=O) groups excluding carboxylic acids is 1. The number of hydrogen-bond acceptors (Lipinski definition) is 4. The Bertz CT molecular complexity index is 340. The molecule has 0 aromatic rings. The Balaban J connectivity index is 2.12. The van der Waals surface area contributed by atoms with Gasteiger partial charge in [0.15, 0.2) is 0 Å². The summed E-state index contributed by atoms with van der Waals surface area (Å²) >= 11 is 0. The van der Waals surface area contributed by atoms with E-state index in [0.717, 1.165) is 0 Å². The molecule has 0 spiro atoms. The predicted molar refractivity (Wildman–Crippen MR) is 59.3 cm³/mol. The first kappa shape index (κ1) is 12.3. The Kier molecular flexibility index (Phi) is 3.09. The van der Waals surface area contributed by atoms with Gasteiger partial charge in [-0.15, -0.1) is 0 Å². The molecule has 96 valence electrons. The Labute approximate surface area is 99.7 Å². The van der Waals surface area contributed by atoms with Crippen LogP contribution in [0.1, 0.15) is 19.8 Å². The van der Waals surface area contributed by atoms with Crippen LogP contribution in [0.5, 0.6) is 0 Å². The molecule has 1 heterocycles. The summed E-state index contributed by atoms with van der Waals surface area (Å²) in [5, 5.41) is 9.08. The maximum atomic E-state index is 12.2. The first-order chi connectivity index (χ1) is 7.99. The zero-order valence-electron chi connectivity index (χ0n) is 9.89. The van der Waals surface area contributed by atoms with E-state index in [4.69, 9.17) is 15.6 Å². The van der Waals surface area contributed by atoms with Crippen LogP contribution in [0.3, 0.4) is 0 Å². The lowest BCUT2D eigenvalue weighted by Crippen LogP contribution is -2.53. The van der Waals surface area contributed by atoms with E-state index in [2.05, 4.69) is 0 Å². The fourth-order valence-electron chi connectivity index (χ4n) is 2.25. The fourth-order valence-corrected chi connectivity index (χ4v) is 2.25. The van der Waals surface area contributed by atoms with E-state index >= 15 is 0 Å². The third kappa shape index (κ3) is 2.14. The number of hydrogen-bond donors (Lipinski definition) is 2. The zero-order chi connectivity index (χ0) is 12.6. The van der Waals surface area contributed by atoms with Gasteiger partial charge >= 0.3 is 5.97 Å². The van der Waals surface area contributed by atoms with Crippen LogP contribution in [0.2, 0.25) is 0 Å². The highest BCUT2D eigenvalue weighted by molar-refractivity contribution is 5.89. The molecule has 6 heteroatoms. The van der Waals surface area contributed by atoms with Gasteiger partial charge in [0.1, 0.15) is 5.92 Å². The highest BCUT2D eigenvalue weighted by Gasteiger charge is 2.51. The maximum absolute atomic E-state index is 12.2. The number of rotatable bonds is 4. The van der Waals surface area contributed by atoms with Crippen LogP contribution in [0.4, 0.5) is 0 Å². The van der Waals surface area contributed by atoms with Gasteiger partial charge in [-0.2, -0.15) is 0 Å². The van der Waals surface area contributed by atoms with E-state index < -0.39 is 17.4 Å². The minimum absolute atomic E-state index is 0.137. The lowest BCUT2D eigenvalue weighted by atomic mass is 10.0. The summed E-state index contributed by atoms with van der Waals surface area (Å²) in [5.74, 6) is -1.69. The summed E-state index contributed by atoms with van der Waals surface area (Å²) in [6.45, 7) is 2.75. The molecule has 2 unspecified atom stereocenters. The van der Waals surface area contributed by atoms with Crippen molar-refractivity contribution in [2.24, 2.45) is 11.7 Å². The van der Waals surface area contributed by atoms with Crippen LogP contribution in [0.15, 0.2) is 0 Å².